The molecule has 1 unspecified atom stereocenters. The fourth-order valence-corrected chi connectivity index (χ4v) is 2.91. The Morgan fingerprint density at radius 1 is 1.28 bits per heavy atom. The summed E-state index contributed by atoms with van der Waals surface area (Å²) >= 11 is 1.98. The summed E-state index contributed by atoms with van der Waals surface area (Å²) in [6.45, 7) is 3.78. The molecule has 2 aromatic rings. The number of rotatable bonds is 8. The van der Waals surface area contributed by atoms with Crippen molar-refractivity contribution in [3.05, 3.63) is 51.1 Å². The van der Waals surface area contributed by atoms with E-state index in [0.29, 0.717) is 32.8 Å². The van der Waals surface area contributed by atoms with Crippen molar-refractivity contribution < 1.29 is 24.2 Å². The first-order valence-electron chi connectivity index (χ1n) is 8.78. The second kappa shape index (κ2) is 10.6. The zero-order valence-electron chi connectivity index (χ0n) is 16.2. The molecule has 3 N–H and O–H groups in total. The molecule has 1 atom stereocenters. The smallest absolute Gasteiger partial charge is 0.262 e. The number of carbonyl (C=O) groups is 2. The van der Waals surface area contributed by atoms with Crippen molar-refractivity contribution in [2.75, 3.05) is 13.7 Å². The van der Waals surface area contributed by atoms with Crippen molar-refractivity contribution in [3.8, 4) is 17.2 Å². The van der Waals surface area contributed by atoms with Gasteiger partial charge in [-0.3, -0.25) is 9.59 Å². The molecule has 0 aliphatic rings. The van der Waals surface area contributed by atoms with Crippen LogP contribution < -0.4 is 20.2 Å². The number of nitrogens with one attached hydrogen (secondary N) is 2. The van der Waals surface area contributed by atoms with Gasteiger partial charge in [-0.2, -0.15) is 5.10 Å². The number of hydrazone groups is 1. The van der Waals surface area contributed by atoms with E-state index in [1.54, 1.807) is 50.4 Å². The Balaban J connectivity index is 1.94. The third-order valence-electron chi connectivity index (χ3n) is 3.83. The number of halogens is 1. The SMILES string of the molecule is CCOc1cc(C=NNC(=O)C(C)NC(=O)c2ccc(OC)cc2)cc(I)c1O. The number of phenolic OH excluding ortho intramolecular Hbond substituents is 1. The molecule has 2 amide bonds. The third kappa shape index (κ3) is 6.34. The molecule has 9 heteroatoms. The maximum atomic E-state index is 12.2. The van der Waals surface area contributed by atoms with E-state index < -0.39 is 11.9 Å². The van der Waals surface area contributed by atoms with Crippen LogP contribution in [-0.2, 0) is 4.79 Å². The van der Waals surface area contributed by atoms with E-state index in [2.05, 4.69) is 15.8 Å². The maximum absolute atomic E-state index is 12.2. The molecule has 2 rings (SSSR count). The number of phenols is 1. The van der Waals surface area contributed by atoms with E-state index >= 15 is 0 Å². The van der Waals surface area contributed by atoms with Gasteiger partial charge in [0.05, 0.1) is 23.5 Å². The minimum absolute atomic E-state index is 0.0588. The van der Waals surface area contributed by atoms with Crippen molar-refractivity contribution >= 4 is 40.6 Å². The molecule has 0 aliphatic heterocycles. The zero-order valence-corrected chi connectivity index (χ0v) is 18.4. The highest BCUT2D eigenvalue weighted by Crippen LogP contribution is 2.32. The number of carbonyl (C=O) groups excluding carboxylic acids is 2. The molecule has 0 spiro atoms. The highest BCUT2D eigenvalue weighted by Gasteiger charge is 2.16. The minimum Gasteiger partial charge on any atom is -0.504 e. The fourth-order valence-electron chi connectivity index (χ4n) is 2.29. The number of methoxy groups -OCH3 is 1. The molecule has 0 heterocycles. The standard InChI is InChI=1S/C20H22IN3O5/c1-4-29-17-10-13(9-16(21)18(17)25)11-22-24-19(26)12(2)23-20(27)14-5-7-15(28-3)8-6-14/h5-12,25H,4H2,1-3H3,(H,23,27)(H,24,26). The first kappa shape index (κ1) is 22.5. The normalized spacial score (nSPS) is 11.7. The number of ether oxygens (including phenoxy) is 2. The average Bonchev–Trinajstić information content (AvgIpc) is 2.71. The largest absolute Gasteiger partial charge is 0.504 e. The van der Waals surface area contributed by atoms with Gasteiger partial charge >= 0.3 is 0 Å². The Morgan fingerprint density at radius 2 is 1.97 bits per heavy atom. The summed E-state index contributed by atoms with van der Waals surface area (Å²) in [7, 11) is 1.54. The monoisotopic (exact) mass is 511 g/mol. The molecule has 2 aromatic carbocycles. The number of hydrogen-bond acceptors (Lipinski definition) is 6. The van der Waals surface area contributed by atoms with Gasteiger partial charge in [0.1, 0.15) is 11.8 Å². The second-order valence-corrected chi connectivity index (χ2v) is 7.10. The molecule has 0 radical (unpaired) electrons. The van der Waals surface area contributed by atoms with Crippen LogP contribution in [0.25, 0.3) is 0 Å². The Hall–Kier alpha value is -2.82. The van der Waals surface area contributed by atoms with Gasteiger partial charge in [-0.15, -0.1) is 0 Å². The maximum Gasteiger partial charge on any atom is 0.262 e. The molecule has 0 fully saturated rings. The van der Waals surface area contributed by atoms with Gasteiger partial charge in [0.25, 0.3) is 11.8 Å². The lowest BCUT2D eigenvalue weighted by Crippen LogP contribution is -2.43. The molecule has 0 saturated carbocycles. The summed E-state index contributed by atoms with van der Waals surface area (Å²) in [6.07, 6.45) is 1.43. The molecular weight excluding hydrogens is 489 g/mol. The van der Waals surface area contributed by atoms with E-state index in [1.807, 2.05) is 29.5 Å². The molecule has 0 saturated heterocycles. The van der Waals surface area contributed by atoms with Crippen LogP contribution in [-0.4, -0.2) is 42.9 Å². The molecule has 0 bridgehead atoms. The van der Waals surface area contributed by atoms with Crippen molar-refractivity contribution in [2.24, 2.45) is 5.10 Å². The average molecular weight is 511 g/mol. The van der Waals surface area contributed by atoms with E-state index in [0.717, 1.165) is 0 Å². The van der Waals surface area contributed by atoms with E-state index in [-0.39, 0.29) is 11.7 Å². The molecule has 0 aliphatic carbocycles. The van der Waals surface area contributed by atoms with E-state index in [4.69, 9.17) is 9.47 Å². The Kier molecular flexibility index (Phi) is 8.25. The molecular formula is C20H22IN3O5. The summed E-state index contributed by atoms with van der Waals surface area (Å²) < 4.78 is 11.0. The second-order valence-electron chi connectivity index (χ2n) is 5.94. The van der Waals surface area contributed by atoms with Gasteiger partial charge in [0.2, 0.25) is 0 Å². The summed E-state index contributed by atoms with van der Waals surface area (Å²) in [5, 5.41) is 16.5. The van der Waals surface area contributed by atoms with Crippen LogP contribution in [0.4, 0.5) is 0 Å². The summed E-state index contributed by atoms with van der Waals surface area (Å²) in [4.78, 5) is 24.4. The number of amides is 2. The number of nitrogens with zero attached hydrogens (tertiary/aromatic N) is 1. The van der Waals surface area contributed by atoms with Crippen LogP contribution in [0.1, 0.15) is 29.8 Å². The van der Waals surface area contributed by atoms with Crippen LogP contribution in [0.5, 0.6) is 17.2 Å². The van der Waals surface area contributed by atoms with Gasteiger partial charge in [0.15, 0.2) is 11.5 Å². The summed E-state index contributed by atoms with van der Waals surface area (Å²) in [5.41, 5.74) is 3.44. The van der Waals surface area contributed by atoms with Crippen molar-refractivity contribution in [2.45, 2.75) is 19.9 Å². The minimum atomic E-state index is -0.791. The molecule has 154 valence electrons. The van der Waals surface area contributed by atoms with Crippen molar-refractivity contribution in [1.82, 2.24) is 10.7 Å². The van der Waals surface area contributed by atoms with Crippen LogP contribution in [0.15, 0.2) is 41.5 Å². The van der Waals surface area contributed by atoms with Crippen LogP contribution >= 0.6 is 22.6 Å². The Labute approximate surface area is 182 Å². The van der Waals surface area contributed by atoms with Crippen LogP contribution in [0.3, 0.4) is 0 Å². The lowest BCUT2D eigenvalue weighted by Gasteiger charge is -2.12. The lowest BCUT2D eigenvalue weighted by molar-refractivity contribution is -0.122. The van der Waals surface area contributed by atoms with Crippen LogP contribution in [0, 0.1) is 3.57 Å². The Morgan fingerprint density at radius 3 is 2.59 bits per heavy atom. The lowest BCUT2D eigenvalue weighted by atomic mass is 10.2. The van der Waals surface area contributed by atoms with Crippen molar-refractivity contribution in [3.63, 3.8) is 0 Å². The van der Waals surface area contributed by atoms with Crippen molar-refractivity contribution in [1.29, 1.82) is 0 Å². The first-order chi connectivity index (χ1) is 13.8. The van der Waals surface area contributed by atoms with Gasteiger partial charge < -0.3 is 19.9 Å². The predicted octanol–water partition coefficient (Wildman–Crippen LogP) is 2.67. The highest BCUT2D eigenvalue weighted by atomic mass is 127. The van der Waals surface area contributed by atoms with Gasteiger partial charge in [-0.05, 0) is 78.4 Å². The predicted molar refractivity (Wildman–Crippen MR) is 118 cm³/mol. The molecule has 0 aromatic heterocycles. The van der Waals surface area contributed by atoms with Crippen LogP contribution in [0.2, 0.25) is 0 Å². The van der Waals surface area contributed by atoms with E-state index in [9.17, 15) is 14.7 Å². The van der Waals surface area contributed by atoms with Gasteiger partial charge in [-0.1, -0.05) is 0 Å². The number of benzene rings is 2. The summed E-state index contributed by atoms with van der Waals surface area (Å²) in [5.74, 6) is 0.184. The topological polar surface area (TPSA) is 109 Å². The zero-order chi connectivity index (χ0) is 21.4. The van der Waals surface area contributed by atoms with Gasteiger partial charge in [0, 0.05) is 5.56 Å². The van der Waals surface area contributed by atoms with E-state index in [1.165, 1.54) is 6.21 Å². The Bertz CT molecular complexity index is 900. The highest BCUT2D eigenvalue weighted by molar-refractivity contribution is 14.1. The summed E-state index contributed by atoms with van der Waals surface area (Å²) in [6, 6.07) is 9.08. The van der Waals surface area contributed by atoms with Gasteiger partial charge in [-0.25, -0.2) is 5.43 Å². The quantitative estimate of drug-likeness (QED) is 0.287. The first-order valence-corrected chi connectivity index (χ1v) is 9.86. The molecule has 8 nitrogen and oxygen atoms in total. The molecule has 29 heavy (non-hydrogen) atoms. The fraction of sp³-hybridized carbons (Fsp3) is 0.250. The number of aromatic hydroxyl groups is 1. The third-order valence-corrected chi connectivity index (χ3v) is 4.65. The number of hydrogen-bond donors (Lipinski definition) is 3.